The van der Waals surface area contributed by atoms with E-state index in [4.69, 9.17) is 9.47 Å². The number of carbonyl (C=O) groups is 1. The SMILES string of the molecule is CCOC(OCC)C(=O)CC(C)C. The Labute approximate surface area is 80.4 Å². The topological polar surface area (TPSA) is 35.5 Å². The van der Waals surface area contributed by atoms with Crippen LogP contribution in [0.2, 0.25) is 0 Å². The van der Waals surface area contributed by atoms with Crippen LogP contribution in [0.4, 0.5) is 0 Å². The number of ether oxygens (including phenoxy) is 2. The molecule has 78 valence electrons. The molecule has 13 heavy (non-hydrogen) atoms. The fourth-order valence-corrected chi connectivity index (χ4v) is 1.04. The third kappa shape index (κ3) is 5.77. The summed E-state index contributed by atoms with van der Waals surface area (Å²) in [5, 5.41) is 0. The van der Waals surface area contributed by atoms with E-state index in [0.29, 0.717) is 25.6 Å². The normalized spacial score (nSPS) is 11.2. The fraction of sp³-hybridized carbons (Fsp3) is 0.900. The summed E-state index contributed by atoms with van der Waals surface area (Å²) in [6.45, 7) is 8.74. The molecule has 0 unspecified atom stereocenters. The maximum absolute atomic E-state index is 11.5. The van der Waals surface area contributed by atoms with Crippen molar-refractivity contribution in [2.24, 2.45) is 5.92 Å². The summed E-state index contributed by atoms with van der Waals surface area (Å²) in [4.78, 5) is 11.5. The Morgan fingerprint density at radius 2 is 1.62 bits per heavy atom. The van der Waals surface area contributed by atoms with Gasteiger partial charge >= 0.3 is 0 Å². The maximum Gasteiger partial charge on any atom is 0.217 e. The van der Waals surface area contributed by atoms with E-state index in [2.05, 4.69) is 0 Å². The molecule has 0 amide bonds. The number of ketones is 1. The van der Waals surface area contributed by atoms with Gasteiger partial charge in [0.2, 0.25) is 6.29 Å². The van der Waals surface area contributed by atoms with Crippen LogP contribution in [0, 0.1) is 5.92 Å². The van der Waals surface area contributed by atoms with Crippen LogP contribution in [0.1, 0.15) is 34.1 Å². The van der Waals surface area contributed by atoms with Crippen LogP contribution in [-0.2, 0) is 14.3 Å². The highest BCUT2D eigenvalue weighted by Gasteiger charge is 2.19. The van der Waals surface area contributed by atoms with Crippen LogP contribution in [0.5, 0.6) is 0 Å². The van der Waals surface area contributed by atoms with Gasteiger partial charge in [-0.2, -0.15) is 0 Å². The Kier molecular flexibility index (Phi) is 6.82. The van der Waals surface area contributed by atoms with Gasteiger partial charge in [-0.25, -0.2) is 0 Å². The molecule has 0 rings (SSSR count). The predicted octanol–water partition coefficient (Wildman–Crippen LogP) is 2.00. The molecule has 0 bridgehead atoms. The summed E-state index contributed by atoms with van der Waals surface area (Å²) >= 11 is 0. The smallest absolute Gasteiger partial charge is 0.217 e. The standard InChI is InChI=1S/C10H20O3/c1-5-12-10(13-6-2)9(11)7-8(3)4/h8,10H,5-7H2,1-4H3. The second-order valence-corrected chi connectivity index (χ2v) is 3.31. The number of hydrogen-bond donors (Lipinski definition) is 0. The zero-order valence-corrected chi connectivity index (χ0v) is 9.00. The van der Waals surface area contributed by atoms with Crippen LogP contribution in [0.15, 0.2) is 0 Å². The van der Waals surface area contributed by atoms with Crippen molar-refractivity contribution in [1.82, 2.24) is 0 Å². The summed E-state index contributed by atoms with van der Waals surface area (Å²) in [7, 11) is 0. The van der Waals surface area contributed by atoms with Crippen LogP contribution in [0.3, 0.4) is 0 Å². The summed E-state index contributed by atoms with van der Waals surface area (Å²) in [6.07, 6.45) is -0.137. The van der Waals surface area contributed by atoms with E-state index in [0.717, 1.165) is 0 Å². The highest BCUT2D eigenvalue weighted by atomic mass is 16.7. The Hall–Kier alpha value is -0.410. The Morgan fingerprint density at radius 3 is 1.92 bits per heavy atom. The van der Waals surface area contributed by atoms with Crippen LogP contribution in [-0.4, -0.2) is 25.3 Å². The lowest BCUT2D eigenvalue weighted by Crippen LogP contribution is -2.28. The first kappa shape index (κ1) is 12.6. The molecular formula is C10H20O3. The monoisotopic (exact) mass is 188 g/mol. The van der Waals surface area contributed by atoms with E-state index >= 15 is 0 Å². The van der Waals surface area contributed by atoms with Crippen molar-refractivity contribution in [1.29, 1.82) is 0 Å². The van der Waals surface area contributed by atoms with Gasteiger partial charge in [-0.1, -0.05) is 13.8 Å². The number of carbonyl (C=O) groups excluding carboxylic acids is 1. The minimum Gasteiger partial charge on any atom is -0.346 e. The van der Waals surface area contributed by atoms with E-state index in [1.807, 2.05) is 27.7 Å². The summed E-state index contributed by atoms with van der Waals surface area (Å²) in [6, 6.07) is 0. The molecule has 0 aliphatic heterocycles. The van der Waals surface area contributed by atoms with E-state index in [9.17, 15) is 4.79 Å². The van der Waals surface area contributed by atoms with Gasteiger partial charge in [0.15, 0.2) is 5.78 Å². The van der Waals surface area contributed by atoms with Crippen molar-refractivity contribution in [3.05, 3.63) is 0 Å². The minimum atomic E-state index is -0.655. The molecule has 0 spiro atoms. The van der Waals surface area contributed by atoms with Crippen molar-refractivity contribution in [3.63, 3.8) is 0 Å². The third-order valence-corrected chi connectivity index (χ3v) is 1.51. The zero-order valence-electron chi connectivity index (χ0n) is 9.00. The molecule has 0 aliphatic rings. The second kappa shape index (κ2) is 7.04. The Bertz CT molecular complexity index is 137. The van der Waals surface area contributed by atoms with Crippen molar-refractivity contribution < 1.29 is 14.3 Å². The highest BCUT2D eigenvalue weighted by Crippen LogP contribution is 2.06. The molecule has 0 aromatic rings. The lowest BCUT2D eigenvalue weighted by molar-refractivity contribution is -0.168. The minimum absolute atomic E-state index is 0.0405. The lowest BCUT2D eigenvalue weighted by atomic mass is 10.1. The third-order valence-electron chi connectivity index (χ3n) is 1.51. The van der Waals surface area contributed by atoms with Gasteiger partial charge in [-0.15, -0.1) is 0 Å². The number of Topliss-reactive ketones (excluding diaryl/α,β-unsaturated/α-hetero) is 1. The zero-order chi connectivity index (χ0) is 10.3. The van der Waals surface area contributed by atoms with Gasteiger partial charge in [-0.3, -0.25) is 4.79 Å². The molecule has 0 aliphatic carbocycles. The molecule has 3 nitrogen and oxygen atoms in total. The summed E-state index contributed by atoms with van der Waals surface area (Å²) in [5.74, 6) is 0.398. The average molecular weight is 188 g/mol. The van der Waals surface area contributed by atoms with Gasteiger partial charge < -0.3 is 9.47 Å². The predicted molar refractivity (Wildman–Crippen MR) is 51.5 cm³/mol. The maximum atomic E-state index is 11.5. The molecule has 0 heterocycles. The summed E-state index contributed by atoms with van der Waals surface area (Å²) in [5.41, 5.74) is 0. The Balaban J connectivity index is 3.95. The van der Waals surface area contributed by atoms with Gasteiger partial charge in [0, 0.05) is 19.6 Å². The quantitative estimate of drug-likeness (QED) is 0.573. The first-order chi connectivity index (χ1) is 6.11. The van der Waals surface area contributed by atoms with E-state index < -0.39 is 6.29 Å². The molecule has 0 saturated heterocycles. The lowest BCUT2D eigenvalue weighted by Gasteiger charge is -2.16. The highest BCUT2D eigenvalue weighted by molar-refractivity contribution is 5.81. The number of hydrogen-bond acceptors (Lipinski definition) is 3. The largest absolute Gasteiger partial charge is 0.346 e. The van der Waals surface area contributed by atoms with Crippen molar-refractivity contribution in [3.8, 4) is 0 Å². The van der Waals surface area contributed by atoms with Crippen LogP contribution >= 0.6 is 0 Å². The van der Waals surface area contributed by atoms with Crippen LogP contribution in [0.25, 0.3) is 0 Å². The first-order valence-corrected chi connectivity index (χ1v) is 4.87. The first-order valence-electron chi connectivity index (χ1n) is 4.87. The molecular weight excluding hydrogens is 168 g/mol. The Morgan fingerprint density at radius 1 is 1.15 bits per heavy atom. The van der Waals surface area contributed by atoms with Gasteiger partial charge in [0.25, 0.3) is 0 Å². The molecule has 0 aromatic heterocycles. The molecule has 0 atom stereocenters. The van der Waals surface area contributed by atoms with E-state index in [1.54, 1.807) is 0 Å². The average Bonchev–Trinajstić information content (AvgIpc) is 2.02. The van der Waals surface area contributed by atoms with Crippen molar-refractivity contribution in [2.45, 2.75) is 40.4 Å². The second-order valence-electron chi connectivity index (χ2n) is 3.31. The fourth-order valence-electron chi connectivity index (χ4n) is 1.04. The summed E-state index contributed by atoms with van der Waals surface area (Å²) < 4.78 is 10.3. The van der Waals surface area contributed by atoms with Gasteiger partial charge in [0.1, 0.15) is 0 Å². The molecule has 0 aromatic carbocycles. The molecule has 0 saturated carbocycles. The molecule has 0 fully saturated rings. The van der Waals surface area contributed by atoms with Crippen molar-refractivity contribution >= 4 is 5.78 Å². The van der Waals surface area contributed by atoms with Gasteiger partial charge in [0.05, 0.1) is 0 Å². The molecule has 3 heteroatoms. The van der Waals surface area contributed by atoms with Crippen molar-refractivity contribution in [2.75, 3.05) is 13.2 Å². The molecule has 0 radical (unpaired) electrons. The van der Waals surface area contributed by atoms with Crippen LogP contribution < -0.4 is 0 Å². The molecule has 0 N–H and O–H groups in total. The van der Waals surface area contributed by atoms with E-state index in [1.165, 1.54) is 0 Å². The van der Waals surface area contributed by atoms with E-state index in [-0.39, 0.29) is 5.78 Å². The van der Waals surface area contributed by atoms with Gasteiger partial charge in [-0.05, 0) is 19.8 Å². The number of rotatable bonds is 7.